The number of aromatic hydroxyl groups is 1. The Balaban J connectivity index is 3.32. The monoisotopic (exact) mass is 256 g/mol. The number of methoxy groups -OCH3 is 1. The minimum Gasteiger partial charge on any atom is -0.507 e. The molecule has 0 radical (unpaired) electrons. The summed E-state index contributed by atoms with van der Waals surface area (Å²) in [6.07, 6.45) is -1.92. The zero-order valence-electron chi connectivity index (χ0n) is 9.40. The van der Waals surface area contributed by atoms with Crippen molar-refractivity contribution < 1.29 is 34.8 Å². The first kappa shape index (κ1) is 14.1. The lowest BCUT2D eigenvalue weighted by atomic mass is 9.97. The number of aliphatic hydroxyl groups is 2. The van der Waals surface area contributed by atoms with E-state index >= 15 is 0 Å². The molecule has 98 valence electrons. The molecular formula is C11H12O7. The van der Waals surface area contributed by atoms with Gasteiger partial charge in [0.2, 0.25) is 11.9 Å². The zero-order chi connectivity index (χ0) is 13.9. The van der Waals surface area contributed by atoms with Crippen LogP contribution in [0, 0.1) is 0 Å². The molecular weight excluding hydrogens is 244 g/mol. The molecule has 0 aliphatic heterocycles. The highest BCUT2D eigenvalue weighted by molar-refractivity contribution is 5.80. The van der Waals surface area contributed by atoms with Crippen LogP contribution in [0.4, 0.5) is 0 Å². The SMILES string of the molecule is COC(O)(c1ccc(O)c(C=O)c1)C(O)C(=O)O. The van der Waals surface area contributed by atoms with Gasteiger partial charge in [0, 0.05) is 12.7 Å². The Labute approximate surface area is 102 Å². The largest absolute Gasteiger partial charge is 0.507 e. The van der Waals surface area contributed by atoms with E-state index in [0.717, 1.165) is 25.3 Å². The van der Waals surface area contributed by atoms with Crippen LogP contribution in [0.25, 0.3) is 0 Å². The minimum absolute atomic E-state index is 0.166. The summed E-state index contributed by atoms with van der Waals surface area (Å²) >= 11 is 0. The first-order chi connectivity index (χ1) is 8.36. The van der Waals surface area contributed by atoms with Crippen molar-refractivity contribution in [1.82, 2.24) is 0 Å². The Bertz CT molecular complexity index is 470. The topological polar surface area (TPSA) is 124 Å². The molecule has 0 aromatic heterocycles. The molecule has 4 N–H and O–H groups in total. The summed E-state index contributed by atoms with van der Waals surface area (Å²) < 4.78 is 4.61. The number of carbonyl (C=O) groups is 2. The van der Waals surface area contributed by atoms with E-state index in [-0.39, 0.29) is 16.9 Å². The summed E-state index contributed by atoms with van der Waals surface area (Å²) in [6, 6.07) is 3.24. The lowest BCUT2D eigenvalue weighted by molar-refractivity contribution is -0.253. The fraction of sp³-hybridized carbons (Fsp3) is 0.273. The molecule has 0 spiro atoms. The molecule has 0 aliphatic rings. The molecule has 18 heavy (non-hydrogen) atoms. The van der Waals surface area contributed by atoms with E-state index in [1.54, 1.807) is 0 Å². The Morgan fingerprint density at radius 1 is 1.50 bits per heavy atom. The highest BCUT2D eigenvalue weighted by Crippen LogP contribution is 2.29. The van der Waals surface area contributed by atoms with E-state index in [9.17, 15) is 24.9 Å². The van der Waals surface area contributed by atoms with Gasteiger partial charge in [0.25, 0.3) is 0 Å². The third-order valence-corrected chi connectivity index (χ3v) is 2.48. The number of carboxylic acid groups (broad SMARTS) is 1. The van der Waals surface area contributed by atoms with Gasteiger partial charge in [-0.2, -0.15) is 0 Å². The van der Waals surface area contributed by atoms with Crippen LogP contribution < -0.4 is 0 Å². The number of benzene rings is 1. The normalized spacial score (nSPS) is 15.7. The van der Waals surface area contributed by atoms with Crippen molar-refractivity contribution in [2.75, 3.05) is 7.11 Å². The fourth-order valence-electron chi connectivity index (χ4n) is 1.43. The van der Waals surface area contributed by atoms with Crippen LogP contribution in [-0.4, -0.2) is 45.9 Å². The van der Waals surface area contributed by atoms with Crippen LogP contribution in [0.2, 0.25) is 0 Å². The number of aldehydes is 1. The summed E-state index contributed by atoms with van der Waals surface area (Å²) in [4.78, 5) is 21.3. The fourth-order valence-corrected chi connectivity index (χ4v) is 1.43. The second kappa shape index (κ2) is 5.13. The van der Waals surface area contributed by atoms with Crippen LogP contribution in [0.15, 0.2) is 18.2 Å². The van der Waals surface area contributed by atoms with Crippen molar-refractivity contribution in [2.45, 2.75) is 11.9 Å². The molecule has 2 atom stereocenters. The minimum atomic E-state index is -2.52. The molecule has 1 aromatic carbocycles. The van der Waals surface area contributed by atoms with Gasteiger partial charge in [-0.05, 0) is 18.2 Å². The Morgan fingerprint density at radius 3 is 2.56 bits per heavy atom. The van der Waals surface area contributed by atoms with Crippen LogP contribution in [0.5, 0.6) is 5.75 Å². The van der Waals surface area contributed by atoms with Crippen molar-refractivity contribution >= 4 is 12.3 Å². The molecule has 7 nitrogen and oxygen atoms in total. The Morgan fingerprint density at radius 2 is 2.11 bits per heavy atom. The van der Waals surface area contributed by atoms with Gasteiger partial charge >= 0.3 is 5.97 Å². The number of carbonyl (C=O) groups excluding carboxylic acids is 1. The molecule has 0 amide bonds. The number of ether oxygens (including phenoxy) is 1. The summed E-state index contributed by atoms with van der Waals surface area (Å²) in [7, 11) is 1.000. The molecule has 0 saturated heterocycles. The molecule has 0 saturated carbocycles. The van der Waals surface area contributed by atoms with E-state index in [1.165, 1.54) is 0 Å². The van der Waals surface area contributed by atoms with Gasteiger partial charge in [-0.25, -0.2) is 4.79 Å². The molecule has 1 rings (SSSR count). The third-order valence-electron chi connectivity index (χ3n) is 2.48. The van der Waals surface area contributed by atoms with E-state index in [4.69, 9.17) is 5.11 Å². The third kappa shape index (κ3) is 2.33. The first-order valence-electron chi connectivity index (χ1n) is 4.84. The van der Waals surface area contributed by atoms with Crippen molar-refractivity contribution in [3.63, 3.8) is 0 Å². The lowest BCUT2D eigenvalue weighted by Crippen LogP contribution is -2.46. The van der Waals surface area contributed by atoms with Crippen LogP contribution >= 0.6 is 0 Å². The van der Waals surface area contributed by atoms with Gasteiger partial charge in [-0.15, -0.1) is 0 Å². The maximum absolute atomic E-state index is 10.7. The number of aliphatic carboxylic acids is 1. The quantitative estimate of drug-likeness (QED) is 0.411. The molecule has 0 heterocycles. The van der Waals surface area contributed by atoms with Gasteiger partial charge in [-0.1, -0.05) is 0 Å². The van der Waals surface area contributed by atoms with Gasteiger partial charge in [0.1, 0.15) is 5.75 Å². The highest BCUT2D eigenvalue weighted by atomic mass is 16.6. The van der Waals surface area contributed by atoms with E-state index < -0.39 is 17.9 Å². The predicted octanol–water partition coefficient (Wildman–Crippen LogP) is -0.558. The number of rotatable bonds is 5. The van der Waals surface area contributed by atoms with Gasteiger partial charge in [-0.3, -0.25) is 4.79 Å². The molecule has 0 fully saturated rings. The number of hydrogen-bond acceptors (Lipinski definition) is 6. The number of hydrogen-bond donors (Lipinski definition) is 4. The Kier molecular flexibility index (Phi) is 4.02. The second-order valence-corrected chi connectivity index (χ2v) is 3.53. The predicted molar refractivity (Wildman–Crippen MR) is 58.0 cm³/mol. The average molecular weight is 256 g/mol. The van der Waals surface area contributed by atoms with E-state index in [1.807, 2.05) is 0 Å². The van der Waals surface area contributed by atoms with Crippen LogP contribution in [-0.2, 0) is 15.3 Å². The summed E-state index contributed by atoms with van der Waals surface area (Å²) in [5.41, 5.74) is -0.333. The van der Waals surface area contributed by atoms with Crippen molar-refractivity contribution in [1.29, 1.82) is 0 Å². The smallest absolute Gasteiger partial charge is 0.338 e. The first-order valence-corrected chi connectivity index (χ1v) is 4.84. The molecule has 0 aliphatic carbocycles. The number of carboxylic acids is 1. The van der Waals surface area contributed by atoms with E-state index in [0.29, 0.717) is 6.29 Å². The molecule has 7 heteroatoms. The highest BCUT2D eigenvalue weighted by Gasteiger charge is 2.43. The lowest BCUT2D eigenvalue weighted by Gasteiger charge is -2.29. The van der Waals surface area contributed by atoms with Gasteiger partial charge in [0.05, 0.1) is 5.56 Å². The summed E-state index contributed by atoms with van der Waals surface area (Å²) in [6.45, 7) is 0. The van der Waals surface area contributed by atoms with Crippen molar-refractivity contribution in [3.05, 3.63) is 29.3 Å². The van der Waals surface area contributed by atoms with Gasteiger partial charge in [0.15, 0.2) is 6.29 Å². The van der Waals surface area contributed by atoms with E-state index in [2.05, 4.69) is 4.74 Å². The second-order valence-electron chi connectivity index (χ2n) is 3.53. The Hall–Kier alpha value is -1.96. The summed E-state index contributed by atoms with van der Waals surface area (Å²) in [5.74, 6) is -4.55. The van der Waals surface area contributed by atoms with Gasteiger partial charge < -0.3 is 25.2 Å². The number of phenolic OH excluding ortho intramolecular Hbond substituents is 1. The van der Waals surface area contributed by atoms with Crippen LogP contribution in [0.3, 0.4) is 0 Å². The molecule has 0 bridgehead atoms. The van der Waals surface area contributed by atoms with Crippen molar-refractivity contribution in [3.8, 4) is 5.75 Å². The molecule has 2 unspecified atom stereocenters. The standard InChI is InChI=1S/C11H12O7/c1-18-11(17,9(14)10(15)16)7-2-3-8(13)6(4-7)5-12/h2-5,9,13-14,17H,1H3,(H,15,16). The summed E-state index contributed by atoms with van der Waals surface area (Å²) in [5, 5.41) is 37.4. The number of aliphatic hydroxyl groups excluding tert-OH is 1. The number of phenols is 1. The average Bonchev–Trinajstić information content (AvgIpc) is 2.37. The van der Waals surface area contributed by atoms with Crippen LogP contribution in [0.1, 0.15) is 15.9 Å². The maximum Gasteiger partial charge on any atom is 0.338 e. The molecule has 1 aromatic rings. The van der Waals surface area contributed by atoms with Crippen molar-refractivity contribution in [2.24, 2.45) is 0 Å². The maximum atomic E-state index is 10.7. The zero-order valence-corrected chi connectivity index (χ0v) is 9.40.